The van der Waals surface area contributed by atoms with Crippen LogP contribution in [0.2, 0.25) is 5.02 Å². The van der Waals surface area contributed by atoms with Gasteiger partial charge in [0.15, 0.2) is 0 Å². The molecule has 3 rings (SSSR count). The van der Waals surface area contributed by atoms with Crippen molar-refractivity contribution in [2.45, 2.75) is 49.3 Å². The maximum atomic E-state index is 6.13. The highest BCUT2D eigenvalue weighted by Crippen LogP contribution is 2.39. The van der Waals surface area contributed by atoms with Gasteiger partial charge >= 0.3 is 0 Å². The van der Waals surface area contributed by atoms with Gasteiger partial charge in [0.25, 0.3) is 0 Å². The van der Waals surface area contributed by atoms with E-state index in [2.05, 4.69) is 24.4 Å². The SMILES string of the molecule is CCOC1CC(NC2CCSc3ccc(Cl)cc32)C1. The van der Waals surface area contributed by atoms with Crippen LogP contribution in [0.4, 0.5) is 0 Å². The van der Waals surface area contributed by atoms with Crippen LogP contribution in [0.15, 0.2) is 23.1 Å². The molecule has 0 bridgehead atoms. The second-order valence-corrected chi connectivity index (χ2v) is 6.86. The van der Waals surface area contributed by atoms with Gasteiger partial charge in [0.2, 0.25) is 0 Å². The highest BCUT2D eigenvalue weighted by Gasteiger charge is 2.32. The summed E-state index contributed by atoms with van der Waals surface area (Å²) in [7, 11) is 0. The molecule has 2 aliphatic rings. The fourth-order valence-corrected chi connectivity index (χ4v) is 4.18. The summed E-state index contributed by atoms with van der Waals surface area (Å²) < 4.78 is 5.62. The van der Waals surface area contributed by atoms with Gasteiger partial charge in [-0.1, -0.05) is 11.6 Å². The first kappa shape index (κ1) is 13.7. The summed E-state index contributed by atoms with van der Waals surface area (Å²) in [5.74, 6) is 1.19. The monoisotopic (exact) mass is 297 g/mol. The van der Waals surface area contributed by atoms with Crippen molar-refractivity contribution in [3.05, 3.63) is 28.8 Å². The molecule has 1 aliphatic carbocycles. The number of ether oxygens (including phenoxy) is 1. The van der Waals surface area contributed by atoms with Crippen molar-refractivity contribution in [3.63, 3.8) is 0 Å². The molecule has 0 amide bonds. The van der Waals surface area contributed by atoms with Crippen molar-refractivity contribution < 1.29 is 4.74 Å². The molecule has 1 unspecified atom stereocenters. The van der Waals surface area contributed by atoms with E-state index in [1.54, 1.807) is 0 Å². The Morgan fingerprint density at radius 3 is 3.05 bits per heavy atom. The Morgan fingerprint density at radius 2 is 2.26 bits per heavy atom. The van der Waals surface area contributed by atoms with Crippen LogP contribution >= 0.6 is 23.4 Å². The number of thioether (sulfide) groups is 1. The number of rotatable bonds is 4. The summed E-state index contributed by atoms with van der Waals surface area (Å²) in [6.07, 6.45) is 3.95. The molecule has 1 aliphatic heterocycles. The molecule has 1 atom stereocenters. The Balaban J connectivity index is 1.63. The van der Waals surface area contributed by atoms with Gasteiger partial charge in [-0.05, 0) is 55.7 Å². The van der Waals surface area contributed by atoms with Gasteiger partial charge < -0.3 is 10.1 Å². The zero-order valence-electron chi connectivity index (χ0n) is 11.2. The van der Waals surface area contributed by atoms with Crippen molar-refractivity contribution in [2.24, 2.45) is 0 Å². The molecular weight excluding hydrogens is 278 g/mol. The van der Waals surface area contributed by atoms with Gasteiger partial charge in [-0.15, -0.1) is 11.8 Å². The quantitative estimate of drug-likeness (QED) is 0.906. The fraction of sp³-hybridized carbons (Fsp3) is 0.600. The molecule has 1 heterocycles. The van der Waals surface area contributed by atoms with E-state index in [4.69, 9.17) is 16.3 Å². The first-order valence-electron chi connectivity index (χ1n) is 7.06. The van der Waals surface area contributed by atoms with Crippen LogP contribution in [0.1, 0.15) is 37.8 Å². The second-order valence-electron chi connectivity index (χ2n) is 5.28. The molecule has 1 N–H and O–H groups in total. The minimum atomic E-state index is 0.461. The van der Waals surface area contributed by atoms with Gasteiger partial charge in [-0.25, -0.2) is 0 Å². The average molecular weight is 298 g/mol. The van der Waals surface area contributed by atoms with Crippen LogP contribution in [0.3, 0.4) is 0 Å². The highest BCUT2D eigenvalue weighted by atomic mass is 35.5. The summed E-state index contributed by atoms with van der Waals surface area (Å²) in [5.41, 5.74) is 1.38. The van der Waals surface area contributed by atoms with Crippen molar-refractivity contribution in [1.29, 1.82) is 0 Å². The fourth-order valence-electron chi connectivity index (χ4n) is 2.90. The normalized spacial score (nSPS) is 29.7. The lowest BCUT2D eigenvalue weighted by molar-refractivity contribution is -0.0126. The van der Waals surface area contributed by atoms with E-state index in [1.807, 2.05) is 17.8 Å². The van der Waals surface area contributed by atoms with Crippen LogP contribution < -0.4 is 5.32 Å². The van der Waals surface area contributed by atoms with E-state index < -0.39 is 0 Å². The highest BCUT2D eigenvalue weighted by molar-refractivity contribution is 7.99. The molecule has 2 nitrogen and oxygen atoms in total. The largest absolute Gasteiger partial charge is 0.378 e. The van der Waals surface area contributed by atoms with E-state index >= 15 is 0 Å². The zero-order valence-corrected chi connectivity index (χ0v) is 12.8. The summed E-state index contributed by atoms with van der Waals surface area (Å²) >= 11 is 8.07. The lowest BCUT2D eigenvalue weighted by atomic mass is 9.87. The van der Waals surface area contributed by atoms with E-state index in [-0.39, 0.29) is 0 Å². The predicted molar refractivity (Wildman–Crippen MR) is 81.1 cm³/mol. The van der Waals surface area contributed by atoms with Crippen molar-refractivity contribution in [1.82, 2.24) is 5.32 Å². The molecule has 0 spiro atoms. The lowest BCUT2D eigenvalue weighted by Gasteiger charge is -2.39. The molecule has 1 fully saturated rings. The minimum Gasteiger partial charge on any atom is -0.378 e. The van der Waals surface area contributed by atoms with Crippen molar-refractivity contribution >= 4 is 23.4 Å². The second kappa shape index (κ2) is 6.04. The van der Waals surface area contributed by atoms with Crippen LogP contribution in [-0.2, 0) is 4.74 Å². The van der Waals surface area contributed by atoms with Crippen LogP contribution in [-0.4, -0.2) is 24.5 Å². The maximum Gasteiger partial charge on any atom is 0.0604 e. The smallest absolute Gasteiger partial charge is 0.0604 e. The minimum absolute atomic E-state index is 0.461. The van der Waals surface area contributed by atoms with E-state index in [1.165, 1.54) is 22.6 Å². The summed E-state index contributed by atoms with van der Waals surface area (Å²) in [6.45, 7) is 2.90. The van der Waals surface area contributed by atoms with E-state index in [0.29, 0.717) is 18.2 Å². The maximum absolute atomic E-state index is 6.13. The van der Waals surface area contributed by atoms with Crippen molar-refractivity contribution in [2.75, 3.05) is 12.4 Å². The number of fused-ring (bicyclic) bond motifs is 1. The Hall–Kier alpha value is -0.220. The molecule has 0 radical (unpaired) electrons. The number of hydrogen-bond donors (Lipinski definition) is 1. The third-order valence-corrected chi connectivity index (χ3v) is 5.30. The van der Waals surface area contributed by atoms with E-state index in [0.717, 1.165) is 24.5 Å². The van der Waals surface area contributed by atoms with Gasteiger partial charge in [0.1, 0.15) is 0 Å². The molecule has 0 aromatic heterocycles. The Kier molecular flexibility index (Phi) is 4.37. The molecule has 1 aromatic carbocycles. The van der Waals surface area contributed by atoms with Crippen molar-refractivity contribution in [3.8, 4) is 0 Å². The molecule has 104 valence electrons. The third kappa shape index (κ3) is 3.10. The molecule has 0 saturated heterocycles. The van der Waals surface area contributed by atoms with E-state index in [9.17, 15) is 0 Å². The number of nitrogens with one attached hydrogen (secondary N) is 1. The van der Waals surface area contributed by atoms with Gasteiger partial charge in [-0.3, -0.25) is 0 Å². The summed E-state index contributed by atoms with van der Waals surface area (Å²) in [5, 5.41) is 4.62. The Labute approximate surface area is 124 Å². The van der Waals surface area contributed by atoms with Gasteiger partial charge in [-0.2, -0.15) is 0 Å². The van der Waals surface area contributed by atoms with Crippen LogP contribution in [0.25, 0.3) is 0 Å². The number of hydrogen-bond acceptors (Lipinski definition) is 3. The first-order chi connectivity index (χ1) is 9.26. The lowest BCUT2D eigenvalue weighted by Crippen LogP contribution is -2.47. The third-order valence-electron chi connectivity index (χ3n) is 3.95. The molecule has 4 heteroatoms. The topological polar surface area (TPSA) is 21.3 Å². The van der Waals surface area contributed by atoms with Crippen LogP contribution in [0.5, 0.6) is 0 Å². The zero-order chi connectivity index (χ0) is 13.2. The molecule has 1 aromatic rings. The molecular formula is C15H20ClNOS. The van der Waals surface area contributed by atoms with Gasteiger partial charge in [0, 0.05) is 28.6 Å². The predicted octanol–water partition coefficient (Wildman–Crippen LogP) is 4.03. The Bertz CT molecular complexity index is 448. The molecule has 1 saturated carbocycles. The number of halogens is 1. The molecule has 19 heavy (non-hydrogen) atoms. The average Bonchev–Trinajstić information content (AvgIpc) is 2.37. The summed E-state index contributed by atoms with van der Waals surface area (Å²) in [6, 6.07) is 7.34. The summed E-state index contributed by atoms with van der Waals surface area (Å²) in [4.78, 5) is 1.38. The number of benzene rings is 1. The van der Waals surface area contributed by atoms with Gasteiger partial charge in [0.05, 0.1) is 6.10 Å². The first-order valence-corrected chi connectivity index (χ1v) is 8.42. The standard InChI is InChI=1S/C15H20ClNOS/c1-2-18-12-8-11(9-12)17-14-5-6-19-15-4-3-10(16)7-13(14)15/h3-4,7,11-12,14,17H,2,5-6,8-9H2,1H3. The van der Waals surface area contributed by atoms with Crippen LogP contribution in [0, 0.1) is 0 Å². The Morgan fingerprint density at radius 1 is 1.42 bits per heavy atom.